The Morgan fingerprint density at radius 2 is 1.65 bits per heavy atom. The summed E-state index contributed by atoms with van der Waals surface area (Å²) in [5.41, 5.74) is 2.27. The number of nitrogens with one attached hydrogen (secondary N) is 1. The second-order valence-electron chi connectivity index (χ2n) is 8.73. The predicted molar refractivity (Wildman–Crippen MR) is 135 cm³/mol. The molecule has 186 valence electrons. The Balaban J connectivity index is 2.48. The van der Waals surface area contributed by atoms with Crippen molar-refractivity contribution in [1.29, 1.82) is 0 Å². The van der Waals surface area contributed by atoms with Crippen LogP contribution in [0, 0.1) is 6.92 Å². The van der Waals surface area contributed by atoms with Gasteiger partial charge in [0.15, 0.2) is 0 Å². The molecular weight excluding hydrogens is 452 g/mol. The lowest BCUT2D eigenvalue weighted by molar-refractivity contribution is -0.140. The second kappa shape index (κ2) is 12.0. The van der Waals surface area contributed by atoms with Crippen molar-refractivity contribution in [2.45, 2.75) is 52.7 Å². The topological polar surface area (TPSA) is 90.0 Å². The van der Waals surface area contributed by atoms with Crippen LogP contribution in [-0.4, -0.2) is 62.2 Å². The van der Waals surface area contributed by atoms with Crippen LogP contribution in [0.5, 0.6) is 0 Å². The number of benzene rings is 2. The molecule has 2 amide bonds. The number of rotatable bonds is 11. The Kier molecular flexibility index (Phi) is 9.64. The van der Waals surface area contributed by atoms with E-state index in [9.17, 15) is 18.0 Å². The lowest BCUT2D eigenvalue weighted by atomic mass is 10.1. The van der Waals surface area contributed by atoms with E-state index in [-0.39, 0.29) is 18.5 Å². The van der Waals surface area contributed by atoms with E-state index < -0.39 is 28.7 Å². The molecule has 0 bridgehead atoms. The normalized spacial score (nSPS) is 12.5. The first-order valence-corrected chi connectivity index (χ1v) is 12.8. The number of hydrogen-bond acceptors (Lipinski definition) is 4. The van der Waals surface area contributed by atoms with E-state index in [1.807, 2.05) is 52.0 Å². The highest BCUT2D eigenvalue weighted by molar-refractivity contribution is 7.90. The molecule has 0 fully saturated rings. The molecule has 2 aromatic carbocycles. The van der Waals surface area contributed by atoms with Gasteiger partial charge < -0.3 is 10.2 Å². The molecular formula is C25H36N4O4S. The minimum atomic E-state index is -3.95. The predicted octanol–water partition coefficient (Wildman–Crippen LogP) is 2.94. The molecule has 0 aliphatic rings. The van der Waals surface area contributed by atoms with Crippen LogP contribution in [0.2, 0.25) is 0 Å². The zero-order chi connectivity index (χ0) is 25.5. The standard InChI is InChI=1S/C25H36N4O4S/c1-7-23(25(31)26-19(2)3)28(17-21-13-11-12-20(4)16-21)24(30)18-29(34(32,33)27(5)6)22-14-9-8-10-15-22/h8-16,19,23H,7,17-18H2,1-6H3,(H,26,31)/t23-/m0/s1. The molecule has 1 N–H and O–H groups in total. The Bertz CT molecular complexity index is 1070. The zero-order valence-electron chi connectivity index (χ0n) is 20.9. The highest BCUT2D eigenvalue weighted by Gasteiger charge is 2.33. The molecule has 0 aliphatic carbocycles. The van der Waals surface area contributed by atoms with E-state index in [0.29, 0.717) is 12.1 Å². The van der Waals surface area contributed by atoms with Crippen molar-refractivity contribution in [2.24, 2.45) is 0 Å². The molecule has 2 aromatic rings. The summed E-state index contributed by atoms with van der Waals surface area (Å²) in [7, 11) is -1.11. The number of aryl methyl sites for hydroxylation is 1. The maximum atomic E-state index is 13.7. The van der Waals surface area contributed by atoms with Gasteiger partial charge in [-0.15, -0.1) is 0 Å². The summed E-state index contributed by atoms with van der Waals surface area (Å²) >= 11 is 0. The van der Waals surface area contributed by atoms with Crippen LogP contribution in [0.25, 0.3) is 0 Å². The van der Waals surface area contributed by atoms with Gasteiger partial charge in [0.2, 0.25) is 11.8 Å². The van der Waals surface area contributed by atoms with Gasteiger partial charge in [0.25, 0.3) is 0 Å². The molecule has 0 aliphatic heterocycles. The van der Waals surface area contributed by atoms with Crippen LogP contribution in [-0.2, 0) is 26.3 Å². The minimum Gasteiger partial charge on any atom is -0.352 e. The molecule has 0 spiro atoms. The van der Waals surface area contributed by atoms with Crippen LogP contribution >= 0.6 is 0 Å². The molecule has 0 saturated heterocycles. The molecule has 9 heteroatoms. The van der Waals surface area contributed by atoms with Crippen molar-refractivity contribution in [3.63, 3.8) is 0 Å². The minimum absolute atomic E-state index is 0.0904. The van der Waals surface area contributed by atoms with E-state index in [1.165, 1.54) is 19.0 Å². The van der Waals surface area contributed by atoms with Gasteiger partial charge in [-0.3, -0.25) is 9.59 Å². The first-order chi connectivity index (χ1) is 16.0. The summed E-state index contributed by atoms with van der Waals surface area (Å²) in [5.74, 6) is -0.721. The van der Waals surface area contributed by atoms with Crippen molar-refractivity contribution >= 4 is 27.7 Å². The molecule has 34 heavy (non-hydrogen) atoms. The highest BCUT2D eigenvalue weighted by atomic mass is 32.2. The average Bonchev–Trinajstić information content (AvgIpc) is 2.77. The molecule has 0 unspecified atom stereocenters. The van der Waals surface area contributed by atoms with E-state index in [4.69, 9.17) is 0 Å². The van der Waals surface area contributed by atoms with Crippen molar-refractivity contribution in [3.8, 4) is 0 Å². The second-order valence-corrected chi connectivity index (χ2v) is 10.8. The van der Waals surface area contributed by atoms with E-state index in [1.54, 1.807) is 30.3 Å². The Morgan fingerprint density at radius 3 is 2.18 bits per heavy atom. The summed E-state index contributed by atoms with van der Waals surface area (Å²) in [4.78, 5) is 28.2. The number of carbonyl (C=O) groups is 2. The number of amides is 2. The smallest absolute Gasteiger partial charge is 0.304 e. The molecule has 0 radical (unpaired) electrons. The molecule has 2 rings (SSSR count). The fourth-order valence-corrected chi connectivity index (χ4v) is 4.67. The van der Waals surface area contributed by atoms with Crippen LogP contribution in [0.3, 0.4) is 0 Å². The number of nitrogens with zero attached hydrogens (tertiary/aromatic N) is 3. The first-order valence-electron chi connectivity index (χ1n) is 11.4. The maximum absolute atomic E-state index is 13.7. The van der Waals surface area contributed by atoms with Crippen LogP contribution in [0.4, 0.5) is 5.69 Å². The Labute approximate surface area is 203 Å². The summed E-state index contributed by atoms with van der Waals surface area (Å²) in [5, 5.41) is 2.89. The van der Waals surface area contributed by atoms with Gasteiger partial charge in [-0.25, -0.2) is 4.31 Å². The van der Waals surface area contributed by atoms with Crippen molar-refractivity contribution < 1.29 is 18.0 Å². The van der Waals surface area contributed by atoms with Crippen LogP contribution in [0.15, 0.2) is 54.6 Å². The van der Waals surface area contributed by atoms with Crippen LogP contribution in [0.1, 0.15) is 38.3 Å². The van der Waals surface area contributed by atoms with Crippen LogP contribution < -0.4 is 9.62 Å². The molecule has 1 atom stereocenters. The van der Waals surface area contributed by atoms with Gasteiger partial charge in [0.1, 0.15) is 12.6 Å². The highest BCUT2D eigenvalue weighted by Crippen LogP contribution is 2.21. The Hall–Kier alpha value is -2.91. The first kappa shape index (κ1) is 27.3. The SMILES string of the molecule is CC[C@@H](C(=O)NC(C)C)N(Cc1cccc(C)c1)C(=O)CN(c1ccccc1)S(=O)(=O)N(C)C. The third kappa shape index (κ3) is 7.04. The van der Waals surface area contributed by atoms with Gasteiger partial charge in [0, 0.05) is 26.7 Å². The molecule has 0 heterocycles. The fourth-order valence-electron chi connectivity index (χ4n) is 3.62. The summed E-state index contributed by atoms with van der Waals surface area (Å²) in [6.45, 7) is 7.28. The monoisotopic (exact) mass is 488 g/mol. The zero-order valence-corrected chi connectivity index (χ0v) is 21.7. The summed E-state index contributed by atoms with van der Waals surface area (Å²) < 4.78 is 28.4. The van der Waals surface area contributed by atoms with Crippen molar-refractivity contribution in [3.05, 3.63) is 65.7 Å². The maximum Gasteiger partial charge on any atom is 0.304 e. The lowest BCUT2D eigenvalue weighted by Gasteiger charge is -2.34. The largest absolute Gasteiger partial charge is 0.352 e. The van der Waals surface area contributed by atoms with E-state index in [2.05, 4.69) is 5.32 Å². The van der Waals surface area contributed by atoms with Gasteiger partial charge in [-0.05, 0) is 44.9 Å². The summed E-state index contributed by atoms with van der Waals surface area (Å²) in [6, 6.07) is 15.4. The average molecular weight is 489 g/mol. The van der Waals surface area contributed by atoms with Crippen molar-refractivity contribution in [2.75, 3.05) is 24.9 Å². The fraction of sp³-hybridized carbons (Fsp3) is 0.440. The molecule has 0 aromatic heterocycles. The molecule has 0 saturated carbocycles. The van der Waals surface area contributed by atoms with Gasteiger partial charge in [0.05, 0.1) is 5.69 Å². The number of hydrogen-bond donors (Lipinski definition) is 1. The summed E-state index contributed by atoms with van der Waals surface area (Å²) in [6.07, 6.45) is 0.391. The third-order valence-electron chi connectivity index (χ3n) is 5.32. The van der Waals surface area contributed by atoms with Gasteiger partial charge >= 0.3 is 10.2 Å². The lowest BCUT2D eigenvalue weighted by Crippen LogP contribution is -2.54. The molecule has 8 nitrogen and oxygen atoms in total. The Morgan fingerprint density at radius 1 is 1.00 bits per heavy atom. The number of para-hydroxylation sites is 1. The third-order valence-corrected chi connectivity index (χ3v) is 7.14. The van der Waals surface area contributed by atoms with E-state index in [0.717, 1.165) is 19.7 Å². The number of anilines is 1. The van der Waals surface area contributed by atoms with Gasteiger partial charge in [-0.2, -0.15) is 12.7 Å². The van der Waals surface area contributed by atoms with Gasteiger partial charge in [-0.1, -0.05) is 55.0 Å². The van der Waals surface area contributed by atoms with Crippen molar-refractivity contribution in [1.82, 2.24) is 14.5 Å². The van der Waals surface area contributed by atoms with E-state index >= 15 is 0 Å². The number of carbonyl (C=O) groups excluding carboxylic acids is 2. The quantitative estimate of drug-likeness (QED) is 0.527.